The van der Waals surface area contributed by atoms with E-state index < -0.39 is 10.0 Å². The first-order valence-corrected chi connectivity index (χ1v) is 10.7. The summed E-state index contributed by atoms with van der Waals surface area (Å²) in [5, 5.41) is 4.36. The Morgan fingerprint density at radius 1 is 1.36 bits per heavy atom. The quantitative estimate of drug-likeness (QED) is 0.851. The molecule has 25 heavy (non-hydrogen) atoms. The van der Waals surface area contributed by atoms with Gasteiger partial charge in [-0.25, -0.2) is 13.1 Å². The highest BCUT2D eigenvalue weighted by Crippen LogP contribution is 2.24. The topological polar surface area (TPSA) is 84.3 Å². The Bertz CT molecular complexity index is 754. The fraction of sp³-hybridized carbons (Fsp3) is 0.647. The molecule has 1 atom stereocenters. The van der Waals surface area contributed by atoms with Crippen molar-refractivity contribution >= 4 is 15.9 Å². The zero-order chi connectivity index (χ0) is 17.9. The Morgan fingerprint density at radius 3 is 2.92 bits per heavy atom. The van der Waals surface area contributed by atoms with E-state index in [1.807, 2.05) is 15.6 Å². The molecular formula is C17H26N4O3S. The van der Waals surface area contributed by atoms with Gasteiger partial charge in [-0.1, -0.05) is 6.08 Å². The summed E-state index contributed by atoms with van der Waals surface area (Å²) in [7, 11) is -3.19. The van der Waals surface area contributed by atoms with Crippen molar-refractivity contribution in [2.75, 3.05) is 19.3 Å². The van der Waals surface area contributed by atoms with Crippen molar-refractivity contribution < 1.29 is 13.2 Å². The smallest absolute Gasteiger partial charge is 0.249 e. The van der Waals surface area contributed by atoms with Crippen LogP contribution < -0.4 is 4.72 Å². The lowest BCUT2D eigenvalue weighted by molar-refractivity contribution is -0.128. The molecule has 0 spiro atoms. The highest BCUT2D eigenvalue weighted by atomic mass is 32.2. The molecule has 3 rings (SSSR count). The van der Waals surface area contributed by atoms with E-state index in [4.69, 9.17) is 0 Å². The molecule has 7 nitrogen and oxygen atoms in total. The van der Waals surface area contributed by atoms with Gasteiger partial charge in [0.25, 0.3) is 0 Å². The third kappa shape index (κ3) is 4.92. The number of aromatic nitrogens is 2. The van der Waals surface area contributed by atoms with Crippen LogP contribution >= 0.6 is 0 Å². The SMILES string of the molecule is CS(=O)(=O)NCC[C@H]1CN(C(=O)C2=CCCCC2)Cc2ccnn2C1. The van der Waals surface area contributed by atoms with E-state index in [9.17, 15) is 13.2 Å². The van der Waals surface area contributed by atoms with E-state index in [-0.39, 0.29) is 11.8 Å². The molecular weight excluding hydrogens is 340 g/mol. The molecule has 1 aliphatic heterocycles. The zero-order valence-corrected chi connectivity index (χ0v) is 15.5. The van der Waals surface area contributed by atoms with Crippen LogP contribution in [0.25, 0.3) is 0 Å². The number of carbonyl (C=O) groups excluding carboxylic acids is 1. The summed E-state index contributed by atoms with van der Waals surface area (Å²) in [6.45, 7) is 2.28. The maximum absolute atomic E-state index is 12.9. The summed E-state index contributed by atoms with van der Waals surface area (Å²) < 4.78 is 27.0. The van der Waals surface area contributed by atoms with Gasteiger partial charge in [0.2, 0.25) is 15.9 Å². The lowest BCUT2D eigenvalue weighted by Crippen LogP contribution is -2.36. The number of nitrogens with zero attached hydrogens (tertiary/aromatic N) is 3. The molecule has 0 radical (unpaired) electrons. The van der Waals surface area contributed by atoms with Crippen LogP contribution in [0.15, 0.2) is 23.9 Å². The van der Waals surface area contributed by atoms with Gasteiger partial charge in [-0.15, -0.1) is 0 Å². The lowest BCUT2D eigenvalue weighted by atomic mass is 9.98. The largest absolute Gasteiger partial charge is 0.333 e. The number of hydrogen-bond acceptors (Lipinski definition) is 4. The molecule has 1 aromatic rings. The van der Waals surface area contributed by atoms with Crippen molar-refractivity contribution in [1.29, 1.82) is 0 Å². The molecule has 1 N–H and O–H groups in total. The summed E-state index contributed by atoms with van der Waals surface area (Å²) in [6, 6.07) is 1.95. The molecule has 0 aromatic carbocycles. The van der Waals surface area contributed by atoms with Gasteiger partial charge >= 0.3 is 0 Å². The number of nitrogens with one attached hydrogen (secondary N) is 1. The van der Waals surface area contributed by atoms with Crippen LogP contribution in [0.2, 0.25) is 0 Å². The first kappa shape index (κ1) is 18.1. The molecule has 2 aliphatic rings. The van der Waals surface area contributed by atoms with Crippen LogP contribution in [0, 0.1) is 5.92 Å². The van der Waals surface area contributed by atoms with Gasteiger partial charge in [0.1, 0.15) is 0 Å². The third-order valence-corrected chi connectivity index (χ3v) is 5.57. The van der Waals surface area contributed by atoms with E-state index in [0.717, 1.165) is 43.2 Å². The molecule has 138 valence electrons. The van der Waals surface area contributed by atoms with Gasteiger partial charge in [-0.3, -0.25) is 9.48 Å². The highest BCUT2D eigenvalue weighted by molar-refractivity contribution is 7.88. The second kappa shape index (κ2) is 7.70. The summed E-state index contributed by atoms with van der Waals surface area (Å²) in [5.41, 5.74) is 1.95. The van der Waals surface area contributed by atoms with Crippen molar-refractivity contribution in [2.24, 2.45) is 5.92 Å². The van der Waals surface area contributed by atoms with Gasteiger partial charge in [-0.05, 0) is 44.1 Å². The number of rotatable bonds is 5. The molecule has 0 fully saturated rings. The van der Waals surface area contributed by atoms with Gasteiger partial charge in [-0.2, -0.15) is 5.10 Å². The number of fused-ring (bicyclic) bond motifs is 1. The second-order valence-corrected chi connectivity index (χ2v) is 8.82. The summed E-state index contributed by atoms with van der Waals surface area (Å²) in [6.07, 6.45) is 9.74. The Labute approximate surface area is 149 Å². The fourth-order valence-corrected chi connectivity index (χ4v) is 4.04. The van der Waals surface area contributed by atoms with Gasteiger partial charge in [0, 0.05) is 31.4 Å². The normalized spacial score (nSPS) is 21.4. The van der Waals surface area contributed by atoms with Gasteiger partial charge in [0.05, 0.1) is 18.5 Å². The first-order valence-electron chi connectivity index (χ1n) is 8.86. The van der Waals surface area contributed by atoms with Crippen molar-refractivity contribution in [3.05, 3.63) is 29.6 Å². The Balaban J connectivity index is 1.72. The van der Waals surface area contributed by atoms with E-state index in [1.165, 1.54) is 0 Å². The van der Waals surface area contributed by atoms with E-state index in [0.29, 0.717) is 32.6 Å². The minimum absolute atomic E-state index is 0.121. The van der Waals surface area contributed by atoms with Gasteiger partial charge < -0.3 is 4.90 Å². The van der Waals surface area contributed by atoms with Crippen LogP contribution in [-0.2, 0) is 27.9 Å². The molecule has 0 saturated heterocycles. The van der Waals surface area contributed by atoms with Crippen LogP contribution in [0.5, 0.6) is 0 Å². The zero-order valence-electron chi connectivity index (χ0n) is 14.6. The highest BCUT2D eigenvalue weighted by Gasteiger charge is 2.27. The summed E-state index contributed by atoms with van der Waals surface area (Å²) in [5.74, 6) is 0.291. The van der Waals surface area contributed by atoms with Crippen molar-refractivity contribution in [3.8, 4) is 0 Å². The molecule has 2 heterocycles. The molecule has 0 bridgehead atoms. The molecule has 8 heteroatoms. The predicted molar refractivity (Wildman–Crippen MR) is 95.1 cm³/mol. The van der Waals surface area contributed by atoms with Crippen LogP contribution in [0.3, 0.4) is 0 Å². The molecule has 0 saturated carbocycles. The van der Waals surface area contributed by atoms with Crippen molar-refractivity contribution in [1.82, 2.24) is 19.4 Å². The van der Waals surface area contributed by atoms with Crippen molar-refractivity contribution in [2.45, 2.75) is 45.2 Å². The van der Waals surface area contributed by atoms with E-state index in [1.54, 1.807) is 6.20 Å². The van der Waals surface area contributed by atoms with Crippen molar-refractivity contribution in [3.63, 3.8) is 0 Å². The Kier molecular flexibility index (Phi) is 5.58. The fourth-order valence-electron chi connectivity index (χ4n) is 3.55. The third-order valence-electron chi connectivity index (χ3n) is 4.84. The van der Waals surface area contributed by atoms with Crippen LogP contribution in [-0.4, -0.2) is 48.4 Å². The maximum Gasteiger partial charge on any atom is 0.249 e. The number of amides is 1. The standard InChI is InChI=1S/C17H26N4O3S/c1-25(23,24)19-10-7-14-11-20(13-16-8-9-18-21(16)12-14)17(22)15-5-3-2-4-6-15/h5,8-9,14,19H,2-4,6-7,10-13H2,1H3/t14-/m0/s1. The van der Waals surface area contributed by atoms with E-state index in [2.05, 4.69) is 15.9 Å². The molecule has 1 aromatic heterocycles. The lowest BCUT2D eigenvalue weighted by Gasteiger charge is -2.26. The van der Waals surface area contributed by atoms with E-state index >= 15 is 0 Å². The second-order valence-electron chi connectivity index (χ2n) is 6.99. The minimum Gasteiger partial charge on any atom is -0.333 e. The van der Waals surface area contributed by atoms with Gasteiger partial charge in [0.15, 0.2) is 0 Å². The maximum atomic E-state index is 12.9. The molecule has 0 unspecified atom stereocenters. The average molecular weight is 366 g/mol. The Hall–Kier alpha value is -1.67. The van der Waals surface area contributed by atoms with Crippen LogP contribution in [0.4, 0.5) is 0 Å². The summed E-state index contributed by atoms with van der Waals surface area (Å²) >= 11 is 0. The summed E-state index contributed by atoms with van der Waals surface area (Å²) in [4.78, 5) is 14.8. The Morgan fingerprint density at radius 2 is 2.20 bits per heavy atom. The number of carbonyl (C=O) groups is 1. The van der Waals surface area contributed by atoms with Crippen LogP contribution in [0.1, 0.15) is 37.8 Å². The monoisotopic (exact) mass is 366 g/mol. The minimum atomic E-state index is -3.19. The average Bonchev–Trinajstić information content (AvgIpc) is 2.92. The predicted octanol–water partition coefficient (Wildman–Crippen LogP) is 1.28. The number of allylic oxidation sites excluding steroid dienone is 1. The number of hydrogen-bond donors (Lipinski definition) is 1. The molecule has 1 amide bonds. The first-order chi connectivity index (χ1) is 11.9. The molecule has 1 aliphatic carbocycles. The number of sulfonamides is 1.